The van der Waals surface area contributed by atoms with E-state index in [-0.39, 0.29) is 29.2 Å². The Morgan fingerprint density at radius 2 is 1.49 bits per heavy atom. The number of hydrogen-bond acceptors (Lipinski definition) is 6. The van der Waals surface area contributed by atoms with E-state index >= 15 is 0 Å². The van der Waals surface area contributed by atoms with Crippen molar-refractivity contribution in [1.82, 2.24) is 9.80 Å². The number of carbonyl (C=O) groups is 3. The minimum atomic E-state index is -0.568. The van der Waals surface area contributed by atoms with Gasteiger partial charge in [-0.05, 0) is 74.4 Å². The van der Waals surface area contributed by atoms with Gasteiger partial charge in [0.25, 0.3) is 11.8 Å². The Kier molecular flexibility index (Phi) is 8.09. The number of aromatic hydroxyl groups is 1. The maximum atomic E-state index is 13.1. The first-order valence-corrected chi connectivity index (χ1v) is 12.7. The maximum Gasteiger partial charge on any atom is 0.410 e. The van der Waals surface area contributed by atoms with Gasteiger partial charge in [0.1, 0.15) is 17.1 Å². The Labute approximate surface area is 227 Å². The highest BCUT2D eigenvalue weighted by atomic mass is 16.6. The number of nitrogens with one attached hydrogen (secondary N) is 1. The highest BCUT2D eigenvalue weighted by Crippen LogP contribution is 2.27. The number of phenols is 1. The third-order valence-corrected chi connectivity index (χ3v) is 6.19. The monoisotopic (exact) mass is 531 g/mol. The number of methoxy groups -OCH3 is 1. The number of ether oxygens (including phenoxy) is 2. The number of anilines is 1. The molecule has 3 aromatic carbocycles. The van der Waals surface area contributed by atoms with Crippen molar-refractivity contribution in [2.45, 2.75) is 26.4 Å². The van der Waals surface area contributed by atoms with Crippen molar-refractivity contribution in [2.24, 2.45) is 0 Å². The molecule has 3 amide bonds. The smallest absolute Gasteiger partial charge is 0.410 e. The number of amides is 3. The molecule has 0 atom stereocenters. The van der Waals surface area contributed by atoms with Crippen LogP contribution in [0.25, 0.3) is 11.1 Å². The van der Waals surface area contributed by atoms with E-state index in [0.717, 1.165) is 5.56 Å². The number of phenolic OH excluding ortho intramolecular Hbond substituents is 1. The molecule has 0 radical (unpaired) electrons. The lowest BCUT2D eigenvalue weighted by Crippen LogP contribution is -2.51. The lowest BCUT2D eigenvalue weighted by atomic mass is 10.0. The molecule has 39 heavy (non-hydrogen) atoms. The zero-order valence-corrected chi connectivity index (χ0v) is 22.6. The molecule has 9 heteroatoms. The lowest BCUT2D eigenvalue weighted by Gasteiger charge is -2.35. The summed E-state index contributed by atoms with van der Waals surface area (Å²) in [6.45, 7) is 7.11. The van der Waals surface area contributed by atoms with Crippen LogP contribution in [0.2, 0.25) is 0 Å². The van der Waals surface area contributed by atoms with E-state index in [9.17, 15) is 19.5 Å². The summed E-state index contributed by atoms with van der Waals surface area (Å²) in [5.74, 6) is 0.0626. The van der Waals surface area contributed by atoms with Crippen LogP contribution in [0, 0.1) is 0 Å². The summed E-state index contributed by atoms with van der Waals surface area (Å²) >= 11 is 0. The number of rotatable bonds is 5. The molecule has 0 bridgehead atoms. The lowest BCUT2D eigenvalue weighted by molar-refractivity contribution is 0.0141. The molecule has 204 valence electrons. The number of benzene rings is 3. The number of nitrogens with zero attached hydrogens (tertiary/aromatic N) is 2. The van der Waals surface area contributed by atoms with Crippen molar-refractivity contribution in [2.75, 3.05) is 38.6 Å². The molecule has 9 nitrogen and oxygen atoms in total. The van der Waals surface area contributed by atoms with E-state index in [4.69, 9.17) is 9.47 Å². The van der Waals surface area contributed by atoms with Crippen LogP contribution in [0.4, 0.5) is 10.5 Å². The van der Waals surface area contributed by atoms with Crippen LogP contribution in [0.1, 0.15) is 41.5 Å². The Balaban J connectivity index is 1.41. The second-order valence-corrected chi connectivity index (χ2v) is 10.3. The predicted octanol–water partition coefficient (Wildman–Crippen LogP) is 5.01. The molecule has 4 rings (SSSR count). The van der Waals surface area contributed by atoms with Crippen LogP contribution in [-0.2, 0) is 4.74 Å². The Morgan fingerprint density at radius 3 is 2.13 bits per heavy atom. The molecular weight excluding hydrogens is 498 g/mol. The van der Waals surface area contributed by atoms with Gasteiger partial charge in [-0.3, -0.25) is 9.59 Å². The zero-order valence-electron chi connectivity index (χ0n) is 22.6. The van der Waals surface area contributed by atoms with Crippen LogP contribution in [0.5, 0.6) is 11.5 Å². The standard InChI is InChI=1S/C30H33N3O6/c1-30(2,3)39-29(37)33-14-12-32(13-15-33)28(36)21-10-8-20(9-11-21)22-16-23(18-25(34)17-22)27(35)31-24-6-5-7-26(19-24)38-4/h5-11,16-19,34H,12-15H2,1-4H3,(H,31,35). The first-order chi connectivity index (χ1) is 18.5. The summed E-state index contributed by atoms with van der Waals surface area (Å²) in [6.07, 6.45) is -0.374. The molecule has 0 saturated carbocycles. The van der Waals surface area contributed by atoms with E-state index in [1.807, 2.05) is 20.8 Å². The molecule has 1 fully saturated rings. The topological polar surface area (TPSA) is 108 Å². The molecule has 0 aliphatic carbocycles. The molecule has 1 saturated heterocycles. The zero-order chi connectivity index (χ0) is 28.2. The number of hydrogen-bond donors (Lipinski definition) is 2. The van der Waals surface area contributed by atoms with Gasteiger partial charge in [-0.25, -0.2) is 4.79 Å². The SMILES string of the molecule is COc1cccc(NC(=O)c2cc(O)cc(-c3ccc(C(=O)N4CCN(C(=O)OC(C)(C)C)CC4)cc3)c2)c1. The number of piperazine rings is 1. The number of carbonyl (C=O) groups excluding carboxylic acids is 3. The minimum absolute atomic E-state index is 0.0497. The fourth-order valence-corrected chi connectivity index (χ4v) is 4.22. The first kappa shape index (κ1) is 27.5. The fourth-order valence-electron chi connectivity index (χ4n) is 4.22. The molecular formula is C30H33N3O6. The minimum Gasteiger partial charge on any atom is -0.508 e. The maximum absolute atomic E-state index is 13.1. The highest BCUT2D eigenvalue weighted by Gasteiger charge is 2.28. The predicted molar refractivity (Wildman–Crippen MR) is 148 cm³/mol. The average Bonchev–Trinajstić information content (AvgIpc) is 2.91. The van der Waals surface area contributed by atoms with E-state index in [2.05, 4.69) is 5.32 Å². The third-order valence-electron chi connectivity index (χ3n) is 6.19. The summed E-state index contributed by atoms with van der Waals surface area (Å²) in [6, 6.07) is 18.6. The largest absolute Gasteiger partial charge is 0.508 e. The Hall–Kier alpha value is -4.53. The van der Waals surface area contributed by atoms with E-state index in [0.29, 0.717) is 48.7 Å². The summed E-state index contributed by atoms with van der Waals surface area (Å²) in [7, 11) is 1.55. The molecule has 0 aromatic heterocycles. The third kappa shape index (κ3) is 7.07. The van der Waals surface area contributed by atoms with E-state index in [1.165, 1.54) is 6.07 Å². The summed E-state index contributed by atoms with van der Waals surface area (Å²) < 4.78 is 10.6. The molecule has 1 heterocycles. The van der Waals surface area contributed by atoms with Gasteiger partial charge < -0.3 is 29.7 Å². The van der Waals surface area contributed by atoms with Crippen LogP contribution in [0.15, 0.2) is 66.7 Å². The second-order valence-electron chi connectivity index (χ2n) is 10.3. The van der Waals surface area contributed by atoms with Crippen LogP contribution in [-0.4, -0.2) is 71.7 Å². The molecule has 3 aromatic rings. The van der Waals surface area contributed by atoms with E-state index < -0.39 is 5.60 Å². The van der Waals surface area contributed by atoms with Crippen LogP contribution >= 0.6 is 0 Å². The van der Waals surface area contributed by atoms with Crippen molar-refractivity contribution < 1.29 is 29.0 Å². The molecule has 0 spiro atoms. The van der Waals surface area contributed by atoms with Crippen molar-refractivity contribution in [3.05, 3.63) is 77.9 Å². The van der Waals surface area contributed by atoms with Gasteiger partial charge in [0, 0.05) is 49.1 Å². The van der Waals surface area contributed by atoms with Gasteiger partial charge in [0.15, 0.2) is 0 Å². The quantitative estimate of drug-likeness (QED) is 0.479. The molecule has 0 unspecified atom stereocenters. The van der Waals surface area contributed by atoms with Gasteiger partial charge in [-0.15, -0.1) is 0 Å². The Bertz CT molecular complexity index is 1360. The van der Waals surface area contributed by atoms with E-state index in [1.54, 1.807) is 77.6 Å². The first-order valence-electron chi connectivity index (χ1n) is 12.7. The fraction of sp³-hybridized carbons (Fsp3) is 0.300. The van der Waals surface area contributed by atoms with Crippen molar-refractivity contribution in [3.63, 3.8) is 0 Å². The molecule has 1 aliphatic heterocycles. The van der Waals surface area contributed by atoms with Gasteiger partial charge >= 0.3 is 6.09 Å². The van der Waals surface area contributed by atoms with Crippen molar-refractivity contribution in [1.29, 1.82) is 0 Å². The summed E-state index contributed by atoms with van der Waals surface area (Å²) in [4.78, 5) is 41.5. The van der Waals surface area contributed by atoms with Crippen LogP contribution in [0.3, 0.4) is 0 Å². The van der Waals surface area contributed by atoms with Gasteiger partial charge in [-0.1, -0.05) is 18.2 Å². The summed E-state index contributed by atoms with van der Waals surface area (Å²) in [5.41, 5.74) is 2.18. The van der Waals surface area contributed by atoms with Crippen molar-refractivity contribution in [3.8, 4) is 22.6 Å². The van der Waals surface area contributed by atoms with Gasteiger partial charge in [0.05, 0.1) is 7.11 Å². The normalized spacial score (nSPS) is 13.5. The highest BCUT2D eigenvalue weighted by molar-refractivity contribution is 6.05. The Morgan fingerprint density at radius 1 is 0.821 bits per heavy atom. The molecule has 1 aliphatic rings. The second kappa shape index (κ2) is 11.5. The van der Waals surface area contributed by atoms with Gasteiger partial charge in [0.2, 0.25) is 0 Å². The van der Waals surface area contributed by atoms with Crippen molar-refractivity contribution >= 4 is 23.6 Å². The van der Waals surface area contributed by atoms with Gasteiger partial charge in [-0.2, -0.15) is 0 Å². The van der Waals surface area contributed by atoms with Crippen LogP contribution < -0.4 is 10.1 Å². The molecule has 2 N–H and O–H groups in total. The summed E-state index contributed by atoms with van der Waals surface area (Å²) in [5, 5.41) is 13.1. The average molecular weight is 532 g/mol.